The summed E-state index contributed by atoms with van der Waals surface area (Å²) < 4.78 is 0. The van der Waals surface area contributed by atoms with Crippen LogP contribution in [0.2, 0.25) is 0 Å². The average molecular weight is 122 g/mol. The van der Waals surface area contributed by atoms with E-state index in [2.05, 4.69) is 19.1 Å². The van der Waals surface area contributed by atoms with Crippen LogP contribution in [-0.4, -0.2) is 0 Å². The summed E-state index contributed by atoms with van der Waals surface area (Å²) in [6.07, 6.45) is 10.3. The van der Waals surface area contributed by atoms with E-state index in [1.54, 1.807) is 0 Å². The van der Waals surface area contributed by atoms with E-state index < -0.39 is 0 Å². The van der Waals surface area contributed by atoms with E-state index in [-0.39, 0.29) is 0 Å². The fourth-order valence-electron chi connectivity index (χ4n) is 0.566. The van der Waals surface area contributed by atoms with Gasteiger partial charge < -0.3 is 0 Å². The summed E-state index contributed by atoms with van der Waals surface area (Å²) >= 11 is 0. The molecule has 0 amide bonds. The molecular weight excluding hydrogens is 108 g/mol. The maximum absolute atomic E-state index is 2.08. The van der Waals surface area contributed by atoms with E-state index in [1.807, 2.05) is 32.1 Å². The number of allylic oxidation sites excluding steroid dienone is 6. The minimum absolute atomic E-state index is 1.29. The number of hydrogen-bond donors (Lipinski definition) is 0. The number of hydrogen-bond acceptors (Lipinski definition) is 0. The summed E-state index contributed by atoms with van der Waals surface area (Å²) in [5.74, 6) is 0. The van der Waals surface area contributed by atoms with E-state index in [1.165, 1.54) is 5.57 Å². The summed E-state index contributed by atoms with van der Waals surface area (Å²) in [7, 11) is 0. The normalized spacial score (nSPS) is 13.9. The summed E-state index contributed by atoms with van der Waals surface area (Å²) in [4.78, 5) is 0. The van der Waals surface area contributed by atoms with Gasteiger partial charge in [-0.25, -0.2) is 0 Å². The predicted octanol–water partition coefficient (Wildman–Crippen LogP) is 3.08. The first kappa shape index (κ1) is 8.22. The molecule has 0 nitrogen and oxygen atoms in total. The molecule has 0 saturated heterocycles. The lowest BCUT2D eigenvalue weighted by atomic mass is 10.2. The molecule has 0 fully saturated rings. The zero-order valence-electron chi connectivity index (χ0n) is 6.39. The Balaban J connectivity index is 3.84. The minimum Gasteiger partial charge on any atom is -0.0877 e. The minimum atomic E-state index is 1.29. The lowest BCUT2D eigenvalue weighted by Crippen LogP contribution is -1.62. The zero-order valence-corrected chi connectivity index (χ0v) is 6.39. The molecule has 50 valence electrons. The highest BCUT2D eigenvalue weighted by molar-refractivity contribution is 5.20. The standard InChI is InChI=1S/C9H14/c1-4-6-8-9(3)7-5-2/h4-8H,1-3H3/b6-4+,7-5+,9-8-. The maximum atomic E-state index is 2.08. The fraction of sp³-hybridized carbons (Fsp3) is 0.333. The van der Waals surface area contributed by atoms with Crippen molar-refractivity contribution >= 4 is 0 Å². The summed E-state index contributed by atoms with van der Waals surface area (Å²) in [5.41, 5.74) is 1.29. The molecule has 0 rings (SSSR count). The van der Waals surface area contributed by atoms with Crippen molar-refractivity contribution in [3.05, 3.63) is 36.0 Å². The van der Waals surface area contributed by atoms with E-state index in [0.29, 0.717) is 0 Å². The van der Waals surface area contributed by atoms with Crippen LogP contribution >= 0.6 is 0 Å². The first-order valence-electron chi connectivity index (χ1n) is 3.23. The molecule has 0 heterocycles. The lowest BCUT2D eigenvalue weighted by Gasteiger charge is -1.83. The van der Waals surface area contributed by atoms with Crippen LogP contribution in [0.4, 0.5) is 0 Å². The van der Waals surface area contributed by atoms with Crippen LogP contribution in [0.1, 0.15) is 20.8 Å². The second-order valence-electron chi connectivity index (χ2n) is 1.94. The van der Waals surface area contributed by atoms with Crippen molar-refractivity contribution < 1.29 is 0 Å². The molecule has 0 radical (unpaired) electrons. The van der Waals surface area contributed by atoms with Gasteiger partial charge in [0.05, 0.1) is 0 Å². The topological polar surface area (TPSA) is 0 Å². The molecular formula is C9H14. The quantitative estimate of drug-likeness (QED) is 0.494. The van der Waals surface area contributed by atoms with Crippen LogP contribution < -0.4 is 0 Å². The van der Waals surface area contributed by atoms with Gasteiger partial charge in [-0.05, 0) is 20.8 Å². The monoisotopic (exact) mass is 122 g/mol. The van der Waals surface area contributed by atoms with Gasteiger partial charge in [0.15, 0.2) is 0 Å². The first-order valence-corrected chi connectivity index (χ1v) is 3.23. The molecule has 0 bridgehead atoms. The molecule has 0 aliphatic heterocycles. The van der Waals surface area contributed by atoms with Crippen molar-refractivity contribution in [1.82, 2.24) is 0 Å². The van der Waals surface area contributed by atoms with Gasteiger partial charge in [-0.1, -0.05) is 36.0 Å². The third kappa shape index (κ3) is 5.09. The molecule has 0 aromatic rings. The first-order chi connectivity index (χ1) is 4.31. The summed E-state index contributed by atoms with van der Waals surface area (Å²) in [6, 6.07) is 0. The summed E-state index contributed by atoms with van der Waals surface area (Å²) in [5, 5.41) is 0. The Labute approximate surface area is 57.6 Å². The molecule has 0 aromatic heterocycles. The van der Waals surface area contributed by atoms with Gasteiger partial charge in [0.1, 0.15) is 0 Å². The smallest absolute Gasteiger partial charge is 0.0398 e. The highest BCUT2D eigenvalue weighted by atomic mass is 13.8. The Bertz CT molecular complexity index is 136. The predicted molar refractivity (Wildman–Crippen MR) is 43.4 cm³/mol. The van der Waals surface area contributed by atoms with Gasteiger partial charge in [-0.2, -0.15) is 0 Å². The second kappa shape index (κ2) is 5.36. The zero-order chi connectivity index (χ0) is 7.11. The van der Waals surface area contributed by atoms with Crippen LogP contribution in [-0.2, 0) is 0 Å². The van der Waals surface area contributed by atoms with Crippen molar-refractivity contribution in [3.63, 3.8) is 0 Å². The number of rotatable bonds is 2. The van der Waals surface area contributed by atoms with Crippen molar-refractivity contribution in [2.75, 3.05) is 0 Å². The van der Waals surface area contributed by atoms with Gasteiger partial charge in [0.25, 0.3) is 0 Å². The van der Waals surface area contributed by atoms with E-state index in [0.717, 1.165) is 0 Å². The van der Waals surface area contributed by atoms with Gasteiger partial charge >= 0.3 is 0 Å². The molecule has 0 aliphatic carbocycles. The Kier molecular flexibility index (Phi) is 4.89. The Morgan fingerprint density at radius 1 is 1.11 bits per heavy atom. The third-order valence-electron chi connectivity index (χ3n) is 0.981. The van der Waals surface area contributed by atoms with Gasteiger partial charge in [-0.3, -0.25) is 0 Å². The molecule has 0 atom stereocenters. The Hall–Kier alpha value is -0.780. The van der Waals surface area contributed by atoms with Gasteiger partial charge in [0.2, 0.25) is 0 Å². The van der Waals surface area contributed by atoms with Crippen LogP contribution in [0, 0.1) is 0 Å². The van der Waals surface area contributed by atoms with Crippen LogP contribution in [0.3, 0.4) is 0 Å². The Morgan fingerprint density at radius 3 is 2.22 bits per heavy atom. The molecule has 0 N–H and O–H groups in total. The SMILES string of the molecule is C/C=C/C=C(C)\C=C\C. The van der Waals surface area contributed by atoms with Crippen LogP contribution in [0.5, 0.6) is 0 Å². The third-order valence-corrected chi connectivity index (χ3v) is 0.981. The average Bonchev–Trinajstić information content (AvgIpc) is 1.85. The molecule has 0 saturated carbocycles. The molecule has 0 unspecified atom stereocenters. The van der Waals surface area contributed by atoms with Gasteiger partial charge in [-0.15, -0.1) is 0 Å². The van der Waals surface area contributed by atoms with Crippen LogP contribution in [0.25, 0.3) is 0 Å². The second-order valence-corrected chi connectivity index (χ2v) is 1.94. The van der Waals surface area contributed by atoms with E-state index in [4.69, 9.17) is 0 Å². The van der Waals surface area contributed by atoms with Crippen molar-refractivity contribution in [1.29, 1.82) is 0 Å². The molecule has 9 heavy (non-hydrogen) atoms. The van der Waals surface area contributed by atoms with Gasteiger partial charge in [0, 0.05) is 0 Å². The van der Waals surface area contributed by atoms with Crippen LogP contribution in [0.15, 0.2) is 36.0 Å². The fourth-order valence-corrected chi connectivity index (χ4v) is 0.566. The lowest BCUT2D eigenvalue weighted by molar-refractivity contribution is 1.50. The van der Waals surface area contributed by atoms with Crippen molar-refractivity contribution in [2.45, 2.75) is 20.8 Å². The molecule has 0 aromatic carbocycles. The molecule has 0 aliphatic rings. The summed E-state index contributed by atoms with van der Waals surface area (Å²) in [6.45, 7) is 6.12. The molecule has 0 spiro atoms. The van der Waals surface area contributed by atoms with Crippen molar-refractivity contribution in [3.8, 4) is 0 Å². The van der Waals surface area contributed by atoms with Crippen molar-refractivity contribution in [2.24, 2.45) is 0 Å². The molecule has 0 heteroatoms. The van der Waals surface area contributed by atoms with E-state index in [9.17, 15) is 0 Å². The highest BCUT2D eigenvalue weighted by Crippen LogP contribution is 1.93. The highest BCUT2D eigenvalue weighted by Gasteiger charge is 1.72. The maximum Gasteiger partial charge on any atom is -0.0398 e. The largest absolute Gasteiger partial charge is 0.0877 e. The Morgan fingerprint density at radius 2 is 1.78 bits per heavy atom. The van der Waals surface area contributed by atoms with E-state index >= 15 is 0 Å².